The fourth-order valence-electron chi connectivity index (χ4n) is 0.489. The van der Waals surface area contributed by atoms with E-state index in [1.807, 2.05) is 22.6 Å². The molecule has 0 radical (unpaired) electrons. The smallest absolute Gasteiger partial charge is 0.357 e. The maximum atomic E-state index is 10.4. The first-order chi connectivity index (χ1) is 5.11. The third-order valence-electron chi connectivity index (χ3n) is 0.901. The van der Waals surface area contributed by atoms with Crippen molar-refractivity contribution in [2.75, 3.05) is 0 Å². The molecule has 6 heteroatoms. The minimum Gasteiger partial charge on any atom is -0.476 e. The van der Waals surface area contributed by atoms with E-state index in [0.29, 0.717) is 3.70 Å². The molecule has 0 saturated heterocycles. The van der Waals surface area contributed by atoms with Gasteiger partial charge in [-0.3, -0.25) is 0 Å². The predicted octanol–water partition coefficient (Wildman–Crippen LogP) is 1.54. The van der Waals surface area contributed by atoms with Crippen LogP contribution in [0.3, 0.4) is 0 Å². The van der Waals surface area contributed by atoms with Gasteiger partial charge in [-0.15, -0.1) is 0 Å². The van der Waals surface area contributed by atoms with Crippen LogP contribution < -0.4 is 0 Å². The molecule has 1 aromatic heterocycles. The van der Waals surface area contributed by atoms with Gasteiger partial charge in [0.25, 0.3) is 0 Å². The Balaban J connectivity index is 3.23. The normalized spacial score (nSPS) is 9.64. The molecule has 0 aliphatic carbocycles. The summed E-state index contributed by atoms with van der Waals surface area (Å²) >= 11 is 4.87. The maximum Gasteiger partial charge on any atom is 0.357 e. The molecule has 58 valence electrons. The van der Waals surface area contributed by atoms with Gasteiger partial charge in [-0.1, -0.05) is 0 Å². The molecular formula is C5H2BrIN2O2. The van der Waals surface area contributed by atoms with E-state index in [2.05, 4.69) is 25.9 Å². The number of aromatic carboxylic acids is 1. The Hall–Kier alpha value is -0.240. The van der Waals surface area contributed by atoms with Crippen LogP contribution in [0.25, 0.3) is 0 Å². The number of carboxylic acid groups (broad SMARTS) is 1. The molecule has 0 spiro atoms. The zero-order valence-electron chi connectivity index (χ0n) is 5.08. The third-order valence-corrected chi connectivity index (χ3v) is 2.00. The minimum absolute atomic E-state index is 0.0584. The highest BCUT2D eigenvalue weighted by molar-refractivity contribution is 14.1. The van der Waals surface area contributed by atoms with E-state index in [1.54, 1.807) is 0 Å². The molecule has 0 atom stereocenters. The molecule has 0 saturated carbocycles. The molecule has 0 fully saturated rings. The summed E-state index contributed by atoms with van der Waals surface area (Å²) in [6, 6.07) is 0. The van der Waals surface area contributed by atoms with Gasteiger partial charge < -0.3 is 5.11 Å². The molecule has 1 heterocycles. The maximum absolute atomic E-state index is 10.4. The Morgan fingerprint density at radius 1 is 1.73 bits per heavy atom. The van der Waals surface area contributed by atoms with E-state index in [0.717, 1.165) is 0 Å². The first kappa shape index (κ1) is 8.85. The first-order valence-corrected chi connectivity index (χ1v) is 4.40. The van der Waals surface area contributed by atoms with E-state index < -0.39 is 5.97 Å². The van der Waals surface area contributed by atoms with Crippen LogP contribution in [-0.4, -0.2) is 21.0 Å². The van der Waals surface area contributed by atoms with Gasteiger partial charge in [0.15, 0.2) is 5.69 Å². The van der Waals surface area contributed by atoms with Crippen molar-refractivity contribution in [3.8, 4) is 0 Å². The van der Waals surface area contributed by atoms with Crippen LogP contribution in [0.1, 0.15) is 10.5 Å². The highest BCUT2D eigenvalue weighted by atomic mass is 127. The lowest BCUT2D eigenvalue weighted by atomic mass is 10.5. The van der Waals surface area contributed by atoms with Crippen LogP contribution in [0, 0.1) is 3.70 Å². The second-order valence-corrected chi connectivity index (χ2v) is 3.49. The van der Waals surface area contributed by atoms with Gasteiger partial charge in [0, 0.05) is 0 Å². The third kappa shape index (κ3) is 2.09. The predicted molar refractivity (Wildman–Crippen MR) is 49.4 cm³/mol. The quantitative estimate of drug-likeness (QED) is 0.794. The summed E-state index contributed by atoms with van der Waals surface area (Å²) in [5, 5.41) is 8.55. The van der Waals surface area contributed by atoms with E-state index in [4.69, 9.17) is 5.11 Å². The molecule has 0 aliphatic rings. The van der Waals surface area contributed by atoms with E-state index in [1.165, 1.54) is 6.20 Å². The van der Waals surface area contributed by atoms with E-state index >= 15 is 0 Å². The minimum atomic E-state index is -1.08. The molecule has 0 unspecified atom stereocenters. The van der Waals surface area contributed by atoms with Crippen LogP contribution in [0.2, 0.25) is 0 Å². The Labute approximate surface area is 84.3 Å². The number of hydrogen-bond donors (Lipinski definition) is 1. The van der Waals surface area contributed by atoms with Crippen LogP contribution in [-0.2, 0) is 0 Å². The SMILES string of the molecule is O=C(O)c1nc(I)cnc1Br. The van der Waals surface area contributed by atoms with Crippen LogP contribution in [0.15, 0.2) is 10.8 Å². The van der Waals surface area contributed by atoms with Crippen molar-refractivity contribution in [1.82, 2.24) is 9.97 Å². The lowest BCUT2D eigenvalue weighted by molar-refractivity contribution is 0.0688. The van der Waals surface area contributed by atoms with Crippen LogP contribution in [0.4, 0.5) is 0 Å². The average Bonchev–Trinajstić information content (AvgIpc) is 1.94. The fraction of sp³-hybridized carbons (Fsp3) is 0. The Morgan fingerprint density at radius 3 is 2.82 bits per heavy atom. The molecule has 0 amide bonds. The van der Waals surface area contributed by atoms with Gasteiger partial charge in [0.2, 0.25) is 0 Å². The van der Waals surface area contributed by atoms with Crippen molar-refractivity contribution in [3.63, 3.8) is 0 Å². The first-order valence-electron chi connectivity index (χ1n) is 2.52. The molecule has 11 heavy (non-hydrogen) atoms. The van der Waals surface area contributed by atoms with Crippen molar-refractivity contribution >= 4 is 44.5 Å². The van der Waals surface area contributed by atoms with E-state index in [9.17, 15) is 4.79 Å². The van der Waals surface area contributed by atoms with Crippen LogP contribution >= 0.6 is 38.5 Å². The summed E-state index contributed by atoms with van der Waals surface area (Å²) in [6.07, 6.45) is 1.48. The highest BCUT2D eigenvalue weighted by Gasteiger charge is 2.10. The molecule has 1 aromatic rings. The van der Waals surface area contributed by atoms with Crippen molar-refractivity contribution < 1.29 is 9.90 Å². The van der Waals surface area contributed by atoms with Gasteiger partial charge in [-0.2, -0.15) is 0 Å². The fourth-order valence-corrected chi connectivity index (χ4v) is 1.23. The van der Waals surface area contributed by atoms with Gasteiger partial charge >= 0.3 is 5.97 Å². The zero-order chi connectivity index (χ0) is 8.43. The zero-order valence-corrected chi connectivity index (χ0v) is 8.83. The largest absolute Gasteiger partial charge is 0.476 e. The molecule has 0 bridgehead atoms. The lowest BCUT2D eigenvalue weighted by Gasteiger charge is -1.95. The Bertz CT molecular complexity index is 305. The number of carbonyl (C=O) groups is 1. The summed E-state index contributed by atoms with van der Waals surface area (Å²) in [5.74, 6) is -1.08. The van der Waals surface area contributed by atoms with Gasteiger partial charge in [0.05, 0.1) is 6.20 Å². The standard InChI is InChI=1S/C5H2BrIN2O2/c6-4-3(5(10)11)9-2(7)1-8-4/h1H,(H,10,11). The van der Waals surface area contributed by atoms with Gasteiger partial charge in [0.1, 0.15) is 8.30 Å². The number of hydrogen-bond acceptors (Lipinski definition) is 3. The highest BCUT2D eigenvalue weighted by Crippen LogP contribution is 2.11. The summed E-state index contributed by atoms with van der Waals surface area (Å²) < 4.78 is 0.814. The Morgan fingerprint density at radius 2 is 2.36 bits per heavy atom. The van der Waals surface area contributed by atoms with Crippen molar-refractivity contribution in [3.05, 3.63) is 20.2 Å². The number of rotatable bonds is 1. The van der Waals surface area contributed by atoms with Crippen molar-refractivity contribution in [2.45, 2.75) is 0 Å². The molecule has 1 N–H and O–H groups in total. The molecular weight excluding hydrogens is 327 g/mol. The molecule has 0 aromatic carbocycles. The topological polar surface area (TPSA) is 63.1 Å². The molecule has 4 nitrogen and oxygen atoms in total. The van der Waals surface area contributed by atoms with Crippen LogP contribution in [0.5, 0.6) is 0 Å². The van der Waals surface area contributed by atoms with Gasteiger partial charge in [-0.25, -0.2) is 14.8 Å². The summed E-state index contributed by atoms with van der Waals surface area (Å²) in [6.45, 7) is 0. The number of aromatic nitrogens is 2. The van der Waals surface area contributed by atoms with Gasteiger partial charge in [-0.05, 0) is 38.5 Å². The number of carboxylic acids is 1. The molecule has 0 aliphatic heterocycles. The van der Waals surface area contributed by atoms with E-state index in [-0.39, 0.29) is 10.3 Å². The second-order valence-electron chi connectivity index (χ2n) is 1.64. The number of halogens is 2. The number of nitrogens with zero attached hydrogens (tertiary/aromatic N) is 2. The summed E-state index contributed by atoms with van der Waals surface area (Å²) in [7, 11) is 0. The average molecular weight is 329 g/mol. The summed E-state index contributed by atoms with van der Waals surface area (Å²) in [5.41, 5.74) is -0.0584. The second kappa shape index (κ2) is 3.44. The molecule has 1 rings (SSSR count). The van der Waals surface area contributed by atoms with Crippen molar-refractivity contribution in [2.24, 2.45) is 0 Å². The lowest BCUT2D eigenvalue weighted by Crippen LogP contribution is -2.04. The summed E-state index contributed by atoms with van der Waals surface area (Å²) in [4.78, 5) is 18.0. The van der Waals surface area contributed by atoms with Crippen molar-refractivity contribution in [1.29, 1.82) is 0 Å². The monoisotopic (exact) mass is 328 g/mol. The Kier molecular flexibility index (Phi) is 2.77.